The monoisotopic (exact) mass is 238 g/mol. The molecule has 0 fully saturated rings. The molecule has 0 aromatic carbocycles. The molecule has 0 saturated carbocycles. The first kappa shape index (κ1) is 14.6. The van der Waals surface area contributed by atoms with Crippen LogP contribution in [0.5, 0.6) is 0 Å². The van der Waals surface area contributed by atoms with Crippen molar-refractivity contribution in [2.75, 3.05) is 6.61 Å². The highest BCUT2D eigenvalue weighted by atomic mass is 16.5. The van der Waals surface area contributed by atoms with Crippen molar-refractivity contribution in [2.24, 2.45) is 5.92 Å². The summed E-state index contributed by atoms with van der Waals surface area (Å²) in [6, 6.07) is 0. The van der Waals surface area contributed by atoms with Gasteiger partial charge in [-0.05, 0) is 38.2 Å². The first-order valence-corrected chi connectivity index (χ1v) is 7.62. The summed E-state index contributed by atoms with van der Waals surface area (Å²) in [5.41, 5.74) is 1.51. The van der Waals surface area contributed by atoms with Crippen molar-refractivity contribution in [1.82, 2.24) is 0 Å². The van der Waals surface area contributed by atoms with E-state index in [9.17, 15) is 0 Å². The van der Waals surface area contributed by atoms with Crippen molar-refractivity contribution < 1.29 is 4.74 Å². The molecule has 0 spiro atoms. The number of ether oxygens (including phenoxy) is 1. The Morgan fingerprint density at radius 1 is 1.12 bits per heavy atom. The van der Waals surface area contributed by atoms with Crippen LogP contribution in [0.15, 0.2) is 11.3 Å². The fraction of sp³-hybridized carbons (Fsp3) is 0.875. The molecule has 1 heterocycles. The van der Waals surface area contributed by atoms with E-state index in [2.05, 4.69) is 20.8 Å². The number of allylic oxidation sites excluding steroid dienone is 2. The summed E-state index contributed by atoms with van der Waals surface area (Å²) in [5.74, 6) is 2.03. The van der Waals surface area contributed by atoms with Crippen LogP contribution in [-0.2, 0) is 4.74 Å². The normalized spacial score (nSPS) is 18.1. The predicted molar refractivity (Wildman–Crippen MR) is 75.0 cm³/mol. The minimum absolute atomic E-state index is 0.692. The van der Waals surface area contributed by atoms with Gasteiger partial charge < -0.3 is 4.74 Å². The van der Waals surface area contributed by atoms with Gasteiger partial charge in [-0.25, -0.2) is 0 Å². The van der Waals surface area contributed by atoms with Gasteiger partial charge in [-0.1, -0.05) is 46.0 Å². The standard InChI is InChI=1S/C16H30O/c1-4-6-7-8-9-12-15(5-2)16-14(3)11-10-13-17-16/h15H,4-13H2,1-3H3. The van der Waals surface area contributed by atoms with E-state index < -0.39 is 0 Å². The van der Waals surface area contributed by atoms with Crippen LogP contribution in [0.1, 0.15) is 78.6 Å². The fourth-order valence-electron chi connectivity index (χ4n) is 2.75. The Balaban J connectivity index is 2.32. The summed E-state index contributed by atoms with van der Waals surface area (Å²) in [5, 5.41) is 0. The topological polar surface area (TPSA) is 9.23 Å². The number of rotatable bonds is 8. The maximum Gasteiger partial charge on any atom is 0.0979 e. The third kappa shape index (κ3) is 5.14. The summed E-state index contributed by atoms with van der Waals surface area (Å²) in [6.07, 6.45) is 11.9. The van der Waals surface area contributed by atoms with Gasteiger partial charge in [-0.15, -0.1) is 0 Å². The number of hydrogen-bond donors (Lipinski definition) is 0. The maximum atomic E-state index is 5.90. The molecule has 0 aromatic heterocycles. The summed E-state index contributed by atoms with van der Waals surface area (Å²) in [6.45, 7) is 7.78. The molecule has 0 aliphatic carbocycles. The molecule has 0 saturated heterocycles. The Labute approximate surface area is 108 Å². The van der Waals surface area contributed by atoms with Crippen LogP contribution < -0.4 is 0 Å². The summed E-state index contributed by atoms with van der Waals surface area (Å²) in [4.78, 5) is 0. The van der Waals surface area contributed by atoms with E-state index in [0.717, 1.165) is 6.61 Å². The molecule has 17 heavy (non-hydrogen) atoms. The van der Waals surface area contributed by atoms with Gasteiger partial charge in [-0.3, -0.25) is 0 Å². The van der Waals surface area contributed by atoms with Crippen molar-refractivity contribution in [3.8, 4) is 0 Å². The minimum Gasteiger partial charge on any atom is -0.498 e. The van der Waals surface area contributed by atoms with Crippen LogP contribution in [0, 0.1) is 5.92 Å². The molecule has 0 amide bonds. The summed E-state index contributed by atoms with van der Waals surface area (Å²) < 4.78 is 5.90. The van der Waals surface area contributed by atoms with E-state index in [4.69, 9.17) is 4.74 Å². The molecule has 100 valence electrons. The van der Waals surface area contributed by atoms with Gasteiger partial charge in [-0.2, -0.15) is 0 Å². The molecular weight excluding hydrogens is 208 g/mol. The third-order valence-electron chi connectivity index (χ3n) is 3.89. The van der Waals surface area contributed by atoms with Crippen LogP contribution in [-0.4, -0.2) is 6.61 Å². The van der Waals surface area contributed by atoms with E-state index in [-0.39, 0.29) is 0 Å². The SMILES string of the molecule is CCCCCCCC(CC)C1=C(C)CCCO1. The zero-order valence-corrected chi connectivity index (χ0v) is 12.1. The summed E-state index contributed by atoms with van der Waals surface area (Å²) >= 11 is 0. The first-order valence-electron chi connectivity index (χ1n) is 7.62. The number of unbranched alkanes of at least 4 members (excludes halogenated alkanes) is 4. The van der Waals surface area contributed by atoms with Crippen LogP contribution in [0.4, 0.5) is 0 Å². The molecular formula is C16H30O. The predicted octanol–water partition coefficient (Wildman–Crippen LogP) is 5.46. The molecule has 1 unspecified atom stereocenters. The van der Waals surface area contributed by atoms with E-state index in [0.29, 0.717) is 5.92 Å². The van der Waals surface area contributed by atoms with Crippen LogP contribution in [0.2, 0.25) is 0 Å². The Kier molecular flexibility index (Phi) is 7.39. The molecule has 0 N–H and O–H groups in total. The summed E-state index contributed by atoms with van der Waals surface area (Å²) in [7, 11) is 0. The largest absolute Gasteiger partial charge is 0.498 e. The van der Waals surface area contributed by atoms with E-state index in [1.165, 1.54) is 69.1 Å². The van der Waals surface area contributed by atoms with Gasteiger partial charge in [0, 0.05) is 5.92 Å². The Morgan fingerprint density at radius 2 is 1.88 bits per heavy atom. The van der Waals surface area contributed by atoms with Gasteiger partial charge in [0.05, 0.1) is 12.4 Å². The van der Waals surface area contributed by atoms with E-state index in [1.807, 2.05) is 0 Å². The average Bonchev–Trinajstić information content (AvgIpc) is 2.35. The quantitative estimate of drug-likeness (QED) is 0.510. The minimum atomic E-state index is 0.692. The van der Waals surface area contributed by atoms with Crippen LogP contribution >= 0.6 is 0 Å². The lowest BCUT2D eigenvalue weighted by Crippen LogP contribution is -2.14. The molecule has 1 atom stereocenters. The smallest absolute Gasteiger partial charge is 0.0979 e. The van der Waals surface area contributed by atoms with Gasteiger partial charge in [0.2, 0.25) is 0 Å². The molecule has 0 bridgehead atoms. The Morgan fingerprint density at radius 3 is 2.53 bits per heavy atom. The Hall–Kier alpha value is -0.460. The molecule has 1 rings (SSSR count). The first-order chi connectivity index (χ1) is 8.29. The second-order valence-electron chi connectivity index (χ2n) is 5.40. The molecule has 1 nitrogen and oxygen atoms in total. The van der Waals surface area contributed by atoms with Crippen LogP contribution in [0.3, 0.4) is 0 Å². The highest BCUT2D eigenvalue weighted by Crippen LogP contribution is 2.30. The lowest BCUT2D eigenvalue weighted by atomic mass is 9.91. The van der Waals surface area contributed by atoms with Gasteiger partial charge >= 0.3 is 0 Å². The van der Waals surface area contributed by atoms with Crippen molar-refractivity contribution in [1.29, 1.82) is 0 Å². The highest BCUT2D eigenvalue weighted by molar-refractivity contribution is 5.11. The highest BCUT2D eigenvalue weighted by Gasteiger charge is 2.19. The molecule has 1 heteroatoms. The molecule has 0 radical (unpaired) electrons. The van der Waals surface area contributed by atoms with Gasteiger partial charge in [0.15, 0.2) is 0 Å². The van der Waals surface area contributed by atoms with Gasteiger partial charge in [0.1, 0.15) is 0 Å². The van der Waals surface area contributed by atoms with Crippen molar-refractivity contribution in [3.05, 3.63) is 11.3 Å². The van der Waals surface area contributed by atoms with Crippen molar-refractivity contribution in [2.45, 2.75) is 78.6 Å². The van der Waals surface area contributed by atoms with E-state index >= 15 is 0 Å². The molecule has 1 aliphatic heterocycles. The van der Waals surface area contributed by atoms with Crippen LogP contribution in [0.25, 0.3) is 0 Å². The average molecular weight is 238 g/mol. The lowest BCUT2D eigenvalue weighted by Gasteiger charge is -2.26. The van der Waals surface area contributed by atoms with Crippen molar-refractivity contribution in [3.63, 3.8) is 0 Å². The second-order valence-corrected chi connectivity index (χ2v) is 5.40. The van der Waals surface area contributed by atoms with Gasteiger partial charge in [0.25, 0.3) is 0 Å². The zero-order valence-electron chi connectivity index (χ0n) is 12.1. The zero-order chi connectivity index (χ0) is 12.5. The third-order valence-corrected chi connectivity index (χ3v) is 3.89. The fourth-order valence-corrected chi connectivity index (χ4v) is 2.75. The second kappa shape index (κ2) is 8.60. The number of hydrogen-bond acceptors (Lipinski definition) is 1. The Bertz CT molecular complexity index is 230. The lowest BCUT2D eigenvalue weighted by molar-refractivity contribution is 0.147. The molecule has 0 aromatic rings. The molecule has 1 aliphatic rings. The maximum absolute atomic E-state index is 5.90. The van der Waals surface area contributed by atoms with Crippen molar-refractivity contribution >= 4 is 0 Å². The van der Waals surface area contributed by atoms with E-state index in [1.54, 1.807) is 0 Å².